The van der Waals surface area contributed by atoms with Gasteiger partial charge in [0.25, 0.3) is 0 Å². The Bertz CT molecular complexity index is 320. The molecule has 2 N–H and O–H groups in total. The van der Waals surface area contributed by atoms with Crippen LogP contribution in [0.4, 0.5) is 0 Å². The van der Waals surface area contributed by atoms with Crippen molar-refractivity contribution in [3.63, 3.8) is 0 Å². The molecule has 0 aromatic heterocycles. The molecule has 2 unspecified atom stereocenters. The molecule has 0 radical (unpaired) electrons. The van der Waals surface area contributed by atoms with Crippen LogP contribution < -0.4 is 0 Å². The van der Waals surface area contributed by atoms with Crippen molar-refractivity contribution in [2.75, 3.05) is 6.61 Å². The Morgan fingerprint density at radius 1 is 1.32 bits per heavy atom. The number of phosphoric ester groups is 1. The first-order chi connectivity index (χ1) is 8.69. The number of aliphatic hydroxyl groups excluding tert-OH is 1. The molecule has 1 aliphatic rings. The minimum absolute atomic E-state index is 0.00478. The van der Waals surface area contributed by atoms with E-state index in [1.165, 1.54) is 0 Å². The number of hydrogen-bond acceptors (Lipinski definition) is 6. The van der Waals surface area contributed by atoms with Gasteiger partial charge in [0.2, 0.25) is 0 Å². The third-order valence-corrected chi connectivity index (χ3v) is 3.61. The second kappa shape index (κ2) is 7.13. The van der Waals surface area contributed by atoms with Gasteiger partial charge in [-0.2, -0.15) is 0 Å². The Balaban J connectivity index is 2.56. The van der Waals surface area contributed by atoms with Crippen LogP contribution in [-0.2, 0) is 23.1 Å². The molecule has 1 rings (SSSR count). The lowest BCUT2D eigenvalue weighted by Crippen LogP contribution is -2.30. The van der Waals surface area contributed by atoms with Crippen molar-refractivity contribution in [1.29, 1.82) is 0 Å². The normalized spacial score (nSPS) is 31.1. The van der Waals surface area contributed by atoms with E-state index in [-0.39, 0.29) is 19.1 Å². The van der Waals surface area contributed by atoms with Crippen LogP contribution in [-0.4, -0.2) is 47.3 Å². The topological polar surface area (TPSA) is 94.5 Å². The Kier molecular flexibility index (Phi) is 6.39. The van der Waals surface area contributed by atoms with Crippen LogP contribution in [0.2, 0.25) is 0 Å². The zero-order chi connectivity index (χ0) is 14.6. The molecule has 0 amide bonds. The molecule has 0 bridgehead atoms. The van der Waals surface area contributed by atoms with Gasteiger partial charge in [0.05, 0.1) is 18.8 Å². The average Bonchev–Trinajstić information content (AvgIpc) is 2.52. The van der Waals surface area contributed by atoms with Crippen molar-refractivity contribution in [3.05, 3.63) is 0 Å². The van der Waals surface area contributed by atoms with E-state index in [1.807, 2.05) is 13.8 Å². The first kappa shape index (κ1) is 17.0. The Hall–Kier alpha value is -0.0100. The highest BCUT2D eigenvalue weighted by Crippen LogP contribution is 2.48. The molecule has 19 heavy (non-hydrogen) atoms. The van der Waals surface area contributed by atoms with Crippen molar-refractivity contribution in [3.8, 4) is 0 Å². The maximum absolute atomic E-state index is 11.7. The highest BCUT2D eigenvalue weighted by molar-refractivity contribution is 7.47. The van der Waals surface area contributed by atoms with Crippen LogP contribution >= 0.6 is 7.82 Å². The summed E-state index contributed by atoms with van der Waals surface area (Å²) in [7, 11) is -4.16. The van der Waals surface area contributed by atoms with Crippen LogP contribution in [0.15, 0.2) is 0 Å². The van der Waals surface area contributed by atoms with Crippen molar-refractivity contribution < 1.29 is 33.1 Å². The first-order valence-corrected chi connectivity index (χ1v) is 7.84. The Morgan fingerprint density at radius 3 is 2.47 bits per heavy atom. The van der Waals surface area contributed by atoms with Crippen molar-refractivity contribution >= 4 is 7.82 Å². The molecule has 7 nitrogen and oxygen atoms in total. The van der Waals surface area contributed by atoms with Crippen LogP contribution in [0, 0.1) is 0 Å². The number of rotatable bonds is 7. The van der Waals surface area contributed by atoms with E-state index in [1.54, 1.807) is 13.8 Å². The minimum Gasteiger partial charge on any atom is -0.376 e. The summed E-state index contributed by atoms with van der Waals surface area (Å²) in [5, 5.41) is 9.44. The van der Waals surface area contributed by atoms with E-state index in [9.17, 15) is 14.6 Å². The smallest absolute Gasteiger partial charge is 0.376 e. The number of phosphoric acid groups is 1. The van der Waals surface area contributed by atoms with Crippen molar-refractivity contribution in [2.24, 2.45) is 0 Å². The third kappa shape index (κ3) is 6.31. The molecule has 0 aromatic carbocycles. The summed E-state index contributed by atoms with van der Waals surface area (Å²) in [5.74, 6) is 0. The lowest BCUT2D eigenvalue weighted by molar-refractivity contribution is -0.120. The van der Waals surface area contributed by atoms with E-state index in [0.29, 0.717) is 0 Å². The molecule has 1 aliphatic heterocycles. The second-order valence-electron chi connectivity index (χ2n) is 5.01. The summed E-state index contributed by atoms with van der Waals surface area (Å²) >= 11 is 0. The lowest BCUT2D eigenvalue weighted by Gasteiger charge is -2.22. The van der Waals surface area contributed by atoms with E-state index in [2.05, 4.69) is 0 Å². The van der Waals surface area contributed by atoms with Gasteiger partial charge in [0.1, 0.15) is 12.2 Å². The van der Waals surface area contributed by atoms with E-state index < -0.39 is 32.4 Å². The molecular formula is C11H23O7P. The van der Waals surface area contributed by atoms with Gasteiger partial charge in [-0.1, -0.05) is 0 Å². The van der Waals surface area contributed by atoms with Gasteiger partial charge in [-0.25, -0.2) is 4.57 Å². The van der Waals surface area contributed by atoms with Crippen LogP contribution in [0.3, 0.4) is 0 Å². The van der Waals surface area contributed by atoms with Crippen molar-refractivity contribution in [2.45, 2.75) is 64.8 Å². The summed E-state index contributed by atoms with van der Waals surface area (Å²) in [6, 6.07) is 0. The fourth-order valence-electron chi connectivity index (χ4n) is 1.70. The molecule has 8 heteroatoms. The van der Waals surface area contributed by atoms with Gasteiger partial charge in [0.15, 0.2) is 6.29 Å². The van der Waals surface area contributed by atoms with Gasteiger partial charge in [-0.3, -0.25) is 9.05 Å². The highest BCUT2D eigenvalue weighted by Gasteiger charge is 2.40. The molecule has 0 saturated carbocycles. The monoisotopic (exact) mass is 298 g/mol. The highest BCUT2D eigenvalue weighted by atomic mass is 31.2. The van der Waals surface area contributed by atoms with Gasteiger partial charge < -0.3 is 19.5 Å². The van der Waals surface area contributed by atoms with Gasteiger partial charge >= 0.3 is 7.82 Å². The molecular weight excluding hydrogens is 275 g/mol. The summed E-state index contributed by atoms with van der Waals surface area (Å²) in [6.07, 6.45) is -2.68. The molecule has 0 spiro atoms. The molecule has 4 atom stereocenters. The summed E-state index contributed by atoms with van der Waals surface area (Å²) < 4.78 is 32.1. The van der Waals surface area contributed by atoms with E-state index in [4.69, 9.17) is 18.5 Å². The molecule has 114 valence electrons. The Labute approximate surface area is 113 Å². The van der Waals surface area contributed by atoms with Gasteiger partial charge in [-0.15, -0.1) is 0 Å². The number of hydrogen-bond donors (Lipinski definition) is 2. The Morgan fingerprint density at radius 2 is 1.95 bits per heavy atom. The molecule has 1 saturated heterocycles. The largest absolute Gasteiger partial charge is 0.472 e. The summed E-state index contributed by atoms with van der Waals surface area (Å²) in [6.45, 7) is 7.17. The first-order valence-electron chi connectivity index (χ1n) is 6.34. The average molecular weight is 298 g/mol. The van der Waals surface area contributed by atoms with Crippen LogP contribution in [0.1, 0.15) is 34.1 Å². The molecule has 1 fully saturated rings. The van der Waals surface area contributed by atoms with Crippen molar-refractivity contribution in [1.82, 2.24) is 0 Å². The zero-order valence-corrected chi connectivity index (χ0v) is 12.6. The maximum atomic E-state index is 11.7. The third-order valence-electron chi connectivity index (χ3n) is 2.39. The second-order valence-corrected chi connectivity index (χ2v) is 6.37. The standard InChI is InChI=1S/C11H23O7P/c1-7(2)15-6-10-9(5-11(12)16-10)18-19(13,14)17-8(3)4/h7-12H,5-6H2,1-4H3,(H,13,14)/t9?,10-,11-/m1/s1. The van der Waals surface area contributed by atoms with Gasteiger partial charge in [-0.05, 0) is 27.7 Å². The van der Waals surface area contributed by atoms with E-state index >= 15 is 0 Å². The van der Waals surface area contributed by atoms with Gasteiger partial charge in [0, 0.05) is 6.42 Å². The number of aliphatic hydroxyl groups is 1. The molecule has 1 heterocycles. The predicted octanol–water partition coefficient (Wildman–Crippen LogP) is 1.43. The maximum Gasteiger partial charge on any atom is 0.472 e. The quantitative estimate of drug-likeness (QED) is 0.686. The lowest BCUT2D eigenvalue weighted by atomic mass is 10.2. The van der Waals surface area contributed by atoms with E-state index in [0.717, 1.165) is 0 Å². The molecule has 0 aliphatic carbocycles. The van der Waals surface area contributed by atoms with Crippen LogP contribution in [0.5, 0.6) is 0 Å². The zero-order valence-electron chi connectivity index (χ0n) is 11.7. The minimum atomic E-state index is -4.16. The predicted molar refractivity (Wildman–Crippen MR) is 67.5 cm³/mol. The summed E-state index contributed by atoms with van der Waals surface area (Å²) in [5.41, 5.74) is 0. The SMILES string of the molecule is CC(C)OC[C@H]1O[C@@H](O)CC1OP(=O)(O)OC(C)C. The fourth-order valence-corrected chi connectivity index (χ4v) is 2.85. The van der Waals surface area contributed by atoms with Crippen LogP contribution in [0.25, 0.3) is 0 Å². The number of ether oxygens (including phenoxy) is 2. The molecule has 0 aromatic rings. The fraction of sp³-hybridized carbons (Fsp3) is 1.00. The summed E-state index contributed by atoms with van der Waals surface area (Å²) in [4.78, 5) is 9.56.